The van der Waals surface area contributed by atoms with E-state index in [1.165, 1.54) is 0 Å². The Balaban J connectivity index is 1.74. The minimum atomic E-state index is -0.302. The van der Waals surface area contributed by atoms with Crippen LogP contribution in [-0.2, 0) is 7.05 Å². The lowest BCUT2D eigenvalue weighted by Crippen LogP contribution is -2.23. The van der Waals surface area contributed by atoms with E-state index in [9.17, 15) is 5.26 Å². The zero-order valence-corrected chi connectivity index (χ0v) is 18.7. The average molecular weight is 431 g/mol. The zero-order chi connectivity index (χ0) is 22.6. The van der Waals surface area contributed by atoms with Crippen molar-refractivity contribution in [1.82, 2.24) is 19.7 Å². The molecule has 0 spiro atoms. The maximum Gasteiger partial charge on any atom is 0.166 e. The highest BCUT2D eigenvalue weighted by Gasteiger charge is 2.37. The Morgan fingerprint density at radius 1 is 1.19 bits per heavy atom. The quantitative estimate of drug-likeness (QED) is 0.582. The van der Waals surface area contributed by atoms with Gasteiger partial charge in [0.2, 0.25) is 0 Å². The molecule has 4 bridgehead atoms. The number of fused-ring (bicyclic) bond motifs is 8. The summed E-state index contributed by atoms with van der Waals surface area (Å²) >= 11 is 0. The number of benzene rings is 1. The molecule has 0 radical (unpaired) electrons. The van der Waals surface area contributed by atoms with Gasteiger partial charge in [0.05, 0.1) is 11.7 Å². The Labute approximate surface area is 187 Å². The molecule has 4 heterocycles. The molecule has 2 aliphatic heterocycles. The van der Waals surface area contributed by atoms with Crippen LogP contribution in [0.3, 0.4) is 0 Å². The number of ether oxygens (including phenoxy) is 2. The van der Waals surface area contributed by atoms with Crippen molar-refractivity contribution in [2.45, 2.75) is 38.5 Å². The third kappa shape index (κ3) is 3.26. The number of nitrogens with two attached hydrogens (primary N) is 1. The van der Waals surface area contributed by atoms with Crippen LogP contribution in [0.15, 0.2) is 30.5 Å². The Morgan fingerprint density at radius 3 is 2.78 bits per heavy atom. The highest BCUT2D eigenvalue weighted by atomic mass is 16.5. The van der Waals surface area contributed by atoms with Gasteiger partial charge in [0.25, 0.3) is 0 Å². The van der Waals surface area contributed by atoms with Crippen LogP contribution in [0.4, 0.5) is 5.82 Å². The SMILES string of the molecule is Cc1ccc2c(c1)[C@@H](C)Oc1cc(cnc1N)-c1c(nn(C)c1C#N)C1CC(CN1C)O2. The molecule has 2 aliphatic rings. The maximum atomic E-state index is 9.88. The van der Waals surface area contributed by atoms with E-state index in [-0.39, 0.29) is 18.2 Å². The topological polar surface area (TPSA) is 102 Å². The van der Waals surface area contributed by atoms with E-state index in [1.807, 2.05) is 25.1 Å². The van der Waals surface area contributed by atoms with Gasteiger partial charge in [0, 0.05) is 42.9 Å². The van der Waals surface area contributed by atoms with E-state index in [0.29, 0.717) is 17.3 Å². The van der Waals surface area contributed by atoms with Gasteiger partial charge in [-0.25, -0.2) is 4.98 Å². The van der Waals surface area contributed by atoms with Gasteiger partial charge >= 0.3 is 0 Å². The zero-order valence-electron chi connectivity index (χ0n) is 18.7. The van der Waals surface area contributed by atoms with E-state index in [0.717, 1.165) is 46.7 Å². The first kappa shape index (κ1) is 20.3. The maximum absolute atomic E-state index is 9.88. The van der Waals surface area contributed by atoms with Crippen LogP contribution in [0.5, 0.6) is 11.5 Å². The van der Waals surface area contributed by atoms with E-state index in [2.05, 4.69) is 36.0 Å². The van der Waals surface area contributed by atoms with Gasteiger partial charge in [-0.05, 0) is 39.1 Å². The van der Waals surface area contributed by atoms with Gasteiger partial charge in [0.15, 0.2) is 11.6 Å². The number of anilines is 1. The summed E-state index contributed by atoms with van der Waals surface area (Å²) in [5.41, 5.74) is 11.1. The number of likely N-dealkylation sites (N-methyl/N-ethyl adjacent to an activating group) is 1. The molecule has 2 N–H and O–H groups in total. The predicted octanol–water partition coefficient (Wildman–Crippen LogP) is 3.52. The Morgan fingerprint density at radius 2 is 2.00 bits per heavy atom. The molecular formula is C24H26N6O2. The normalized spacial score (nSPS) is 22.3. The van der Waals surface area contributed by atoms with E-state index >= 15 is 0 Å². The van der Waals surface area contributed by atoms with Crippen LogP contribution in [0.1, 0.15) is 48.0 Å². The highest BCUT2D eigenvalue weighted by molar-refractivity contribution is 5.74. The second kappa shape index (κ2) is 7.53. The van der Waals surface area contributed by atoms with Crippen molar-refractivity contribution in [1.29, 1.82) is 5.26 Å². The molecule has 32 heavy (non-hydrogen) atoms. The van der Waals surface area contributed by atoms with Crippen molar-refractivity contribution in [2.24, 2.45) is 7.05 Å². The van der Waals surface area contributed by atoms with Crippen LogP contribution in [-0.4, -0.2) is 39.4 Å². The van der Waals surface area contributed by atoms with Gasteiger partial charge in [-0.1, -0.05) is 11.6 Å². The smallest absolute Gasteiger partial charge is 0.166 e. The number of nitrogen functional groups attached to an aromatic ring is 1. The minimum absolute atomic E-state index is 0.00823. The number of hydrogen-bond acceptors (Lipinski definition) is 7. The van der Waals surface area contributed by atoms with Crippen molar-refractivity contribution in [2.75, 3.05) is 19.3 Å². The Hall–Kier alpha value is -3.57. The van der Waals surface area contributed by atoms with Crippen molar-refractivity contribution >= 4 is 5.82 Å². The first-order valence-corrected chi connectivity index (χ1v) is 10.7. The van der Waals surface area contributed by atoms with E-state index in [1.54, 1.807) is 17.9 Å². The number of pyridine rings is 1. The number of rotatable bonds is 0. The lowest BCUT2D eigenvalue weighted by molar-refractivity contribution is 0.187. The van der Waals surface area contributed by atoms with Crippen molar-refractivity contribution in [3.63, 3.8) is 0 Å². The number of nitriles is 1. The molecule has 1 fully saturated rings. The fraction of sp³-hybridized carbons (Fsp3) is 0.375. The molecule has 0 aliphatic carbocycles. The van der Waals surface area contributed by atoms with Crippen molar-refractivity contribution in [3.8, 4) is 28.7 Å². The van der Waals surface area contributed by atoms with Crippen LogP contribution in [0.25, 0.3) is 11.1 Å². The predicted molar refractivity (Wildman–Crippen MR) is 120 cm³/mol. The average Bonchev–Trinajstić information content (AvgIpc) is 3.28. The first-order chi connectivity index (χ1) is 15.4. The molecule has 3 aromatic rings. The van der Waals surface area contributed by atoms with Crippen LogP contribution in [0.2, 0.25) is 0 Å². The Kier molecular flexibility index (Phi) is 4.79. The summed E-state index contributed by atoms with van der Waals surface area (Å²) in [4.78, 5) is 6.62. The molecule has 2 aromatic heterocycles. The number of nitrogens with zero attached hydrogens (tertiary/aromatic N) is 5. The monoisotopic (exact) mass is 430 g/mol. The number of aryl methyl sites for hydroxylation is 2. The molecule has 8 nitrogen and oxygen atoms in total. The summed E-state index contributed by atoms with van der Waals surface area (Å²) in [6, 6.07) is 10.3. The molecule has 5 rings (SSSR count). The third-order valence-corrected chi connectivity index (χ3v) is 6.38. The molecule has 0 saturated carbocycles. The molecule has 2 unspecified atom stereocenters. The van der Waals surface area contributed by atoms with Gasteiger partial charge < -0.3 is 15.2 Å². The molecule has 8 heteroatoms. The number of aromatic nitrogens is 3. The molecule has 0 amide bonds. The van der Waals surface area contributed by atoms with Crippen LogP contribution < -0.4 is 15.2 Å². The summed E-state index contributed by atoms with van der Waals surface area (Å²) in [6.45, 7) is 4.79. The van der Waals surface area contributed by atoms with Gasteiger partial charge in [-0.2, -0.15) is 10.4 Å². The molecular weight excluding hydrogens is 404 g/mol. The second-order valence-corrected chi connectivity index (χ2v) is 8.68. The third-order valence-electron chi connectivity index (χ3n) is 6.38. The molecule has 1 aromatic carbocycles. The van der Waals surface area contributed by atoms with Gasteiger partial charge in [0.1, 0.15) is 29.7 Å². The fourth-order valence-corrected chi connectivity index (χ4v) is 4.76. The molecule has 3 atom stereocenters. The van der Waals surface area contributed by atoms with Gasteiger partial charge in [-0.15, -0.1) is 0 Å². The summed E-state index contributed by atoms with van der Waals surface area (Å²) in [6.07, 6.45) is 2.15. The van der Waals surface area contributed by atoms with E-state index < -0.39 is 0 Å². The summed E-state index contributed by atoms with van der Waals surface area (Å²) < 4.78 is 14.4. The van der Waals surface area contributed by atoms with Gasteiger partial charge in [-0.3, -0.25) is 9.58 Å². The summed E-state index contributed by atoms with van der Waals surface area (Å²) in [7, 11) is 3.86. The number of hydrogen-bond donors (Lipinski definition) is 1. The van der Waals surface area contributed by atoms with Crippen molar-refractivity contribution < 1.29 is 9.47 Å². The number of likely N-dealkylation sites (tertiary alicyclic amines) is 1. The fourth-order valence-electron chi connectivity index (χ4n) is 4.76. The first-order valence-electron chi connectivity index (χ1n) is 10.7. The Bertz CT molecular complexity index is 1240. The second-order valence-electron chi connectivity index (χ2n) is 8.68. The molecule has 164 valence electrons. The minimum Gasteiger partial charge on any atom is -0.489 e. The van der Waals surface area contributed by atoms with Crippen LogP contribution >= 0.6 is 0 Å². The largest absolute Gasteiger partial charge is 0.489 e. The lowest BCUT2D eigenvalue weighted by atomic mass is 9.99. The standard InChI is InChI=1S/C24H26N6O2/c1-13-5-6-20-17(7-13)14(2)31-21-8-15(11-27-24(21)26)22-19(10-25)30(4)28-23(22)18-9-16(32-20)12-29(18)3/h5-8,11,14,16,18H,9,12H2,1-4H3,(H2,26,27)/t14-,16?,18?/m1/s1. The summed E-state index contributed by atoms with van der Waals surface area (Å²) in [5, 5.41) is 14.6. The van der Waals surface area contributed by atoms with E-state index in [4.69, 9.17) is 20.3 Å². The highest BCUT2D eigenvalue weighted by Crippen LogP contribution is 2.42. The molecule has 1 saturated heterocycles. The summed E-state index contributed by atoms with van der Waals surface area (Å²) in [5.74, 6) is 1.58. The van der Waals surface area contributed by atoms with Crippen molar-refractivity contribution in [3.05, 3.63) is 53.0 Å². The van der Waals surface area contributed by atoms with Crippen LogP contribution in [0, 0.1) is 18.3 Å². The lowest BCUT2D eigenvalue weighted by Gasteiger charge is -2.22.